The van der Waals surface area contributed by atoms with Crippen molar-refractivity contribution >= 4 is 17.5 Å². The number of benzene rings is 1. The molecule has 4 rings (SSSR count). The van der Waals surface area contributed by atoms with Crippen LogP contribution in [0.15, 0.2) is 47.2 Å². The van der Waals surface area contributed by atoms with Gasteiger partial charge in [0.15, 0.2) is 0 Å². The van der Waals surface area contributed by atoms with E-state index in [1.54, 1.807) is 24.1 Å². The van der Waals surface area contributed by atoms with Gasteiger partial charge in [0, 0.05) is 43.5 Å². The Morgan fingerprint density at radius 1 is 1.33 bits per heavy atom. The molecule has 1 saturated heterocycles. The number of nitrogens with zero attached hydrogens (tertiary/aromatic N) is 4. The number of nitrogens with one attached hydrogen (secondary N) is 1. The molecule has 2 amide bonds. The van der Waals surface area contributed by atoms with Crippen molar-refractivity contribution in [3.8, 4) is 11.3 Å². The van der Waals surface area contributed by atoms with Crippen LogP contribution in [0.1, 0.15) is 17.0 Å². The zero-order valence-electron chi connectivity index (χ0n) is 14.4. The molecule has 138 valence electrons. The van der Waals surface area contributed by atoms with Crippen LogP contribution in [-0.2, 0) is 11.8 Å². The minimum absolute atomic E-state index is 0.0570. The summed E-state index contributed by atoms with van der Waals surface area (Å²) in [5.74, 6) is -0.900. The van der Waals surface area contributed by atoms with Gasteiger partial charge in [0.1, 0.15) is 11.5 Å². The second kappa shape index (κ2) is 6.67. The fourth-order valence-corrected chi connectivity index (χ4v) is 3.00. The molecule has 1 aromatic carbocycles. The van der Waals surface area contributed by atoms with E-state index in [1.165, 1.54) is 35.2 Å². The van der Waals surface area contributed by atoms with Gasteiger partial charge in [-0.1, -0.05) is 5.16 Å². The van der Waals surface area contributed by atoms with E-state index in [1.807, 2.05) is 0 Å². The van der Waals surface area contributed by atoms with E-state index in [-0.39, 0.29) is 29.9 Å². The molecule has 1 fully saturated rings. The Hall–Kier alpha value is -3.49. The Kier molecular flexibility index (Phi) is 4.19. The van der Waals surface area contributed by atoms with Gasteiger partial charge in [-0.15, -0.1) is 0 Å². The van der Waals surface area contributed by atoms with Gasteiger partial charge >= 0.3 is 0 Å². The fraction of sp³-hybridized carbons (Fsp3) is 0.222. The molecule has 3 aromatic rings. The third-order valence-electron chi connectivity index (χ3n) is 4.33. The van der Waals surface area contributed by atoms with Gasteiger partial charge in [-0.25, -0.2) is 4.39 Å². The Labute approximate surface area is 153 Å². The molecule has 0 bridgehead atoms. The van der Waals surface area contributed by atoms with Crippen molar-refractivity contribution in [3.63, 3.8) is 0 Å². The SMILES string of the molecule is Cn1cc(-c2cc(C(=O)NC3CC(=O)N(c4ccc(F)cc4)C3)on2)cn1. The lowest BCUT2D eigenvalue weighted by Crippen LogP contribution is -2.37. The number of aryl methyl sites for hydroxylation is 1. The standard InChI is InChI=1S/C18H16FN5O3/c1-23-9-11(8-20-23)15-7-16(27-22-15)18(26)21-13-6-17(25)24(10-13)14-4-2-12(19)3-5-14/h2-5,7-9,13H,6,10H2,1H3,(H,21,26). The van der Waals surface area contributed by atoms with Crippen LogP contribution in [0.2, 0.25) is 0 Å². The molecule has 27 heavy (non-hydrogen) atoms. The summed E-state index contributed by atoms with van der Waals surface area (Å²) in [7, 11) is 1.78. The average molecular weight is 369 g/mol. The quantitative estimate of drug-likeness (QED) is 0.756. The summed E-state index contributed by atoms with van der Waals surface area (Å²) in [6, 6.07) is 6.82. The van der Waals surface area contributed by atoms with Crippen LogP contribution in [0, 0.1) is 5.82 Å². The molecule has 0 aliphatic carbocycles. The molecule has 0 spiro atoms. The van der Waals surface area contributed by atoms with E-state index in [2.05, 4.69) is 15.6 Å². The number of rotatable bonds is 4. The minimum Gasteiger partial charge on any atom is -0.350 e. The van der Waals surface area contributed by atoms with E-state index < -0.39 is 5.91 Å². The molecule has 2 aromatic heterocycles. The number of carbonyl (C=O) groups excluding carboxylic acids is 2. The second-order valence-electron chi connectivity index (χ2n) is 6.33. The highest BCUT2D eigenvalue weighted by Crippen LogP contribution is 2.23. The number of aromatic nitrogens is 3. The predicted molar refractivity (Wildman–Crippen MR) is 93.3 cm³/mol. The van der Waals surface area contributed by atoms with E-state index in [4.69, 9.17) is 4.52 Å². The molecule has 1 unspecified atom stereocenters. The normalized spacial score (nSPS) is 16.7. The number of hydrogen-bond donors (Lipinski definition) is 1. The summed E-state index contributed by atoms with van der Waals surface area (Å²) < 4.78 is 19.8. The van der Waals surface area contributed by atoms with Crippen LogP contribution < -0.4 is 10.2 Å². The van der Waals surface area contributed by atoms with E-state index in [9.17, 15) is 14.0 Å². The molecule has 8 nitrogen and oxygen atoms in total. The van der Waals surface area contributed by atoms with Crippen LogP contribution in [-0.4, -0.2) is 39.3 Å². The molecule has 1 N–H and O–H groups in total. The zero-order valence-corrected chi connectivity index (χ0v) is 14.4. The molecule has 3 heterocycles. The number of amides is 2. The van der Waals surface area contributed by atoms with Crippen molar-refractivity contribution < 1.29 is 18.5 Å². The lowest BCUT2D eigenvalue weighted by Gasteiger charge is -2.16. The Bertz CT molecular complexity index is 995. The van der Waals surface area contributed by atoms with Crippen LogP contribution in [0.4, 0.5) is 10.1 Å². The molecule has 1 atom stereocenters. The molecule has 1 aliphatic heterocycles. The fourth-order valence-electron chi connectivity index (χ4n) is 3.00. The van der Waals surface area contributed by atoms with Gasteiger partial charge in [0.2, 0.25) is 11.7 Å². The Morgan fingerprint density at radius 2 is 2.11 bits per heavy atom. The Balaban J connectivity index is 1.42. The highest BCUT2D eigenvalue weighted by atomic mass is 19.1. The van der Waals surface area contributed by atoms with Crippen molar-refractivity contribution in [2.75, 3.05) is 11.4 Å². The topological polar surface area (TPSA) is 93.3 Å². The smallest absolute Gasteiger partial charge is 0.290 e. The van der Waals surface area contributed by atoms with Gasteiger partial charge in [0.25, 0.3) is 5.91 Å². The van der Waals surface area contributed by atoms with Gasteiger partial charge in [-0.2, -0.15) is 5.10 Å². The van der Waals surface area contributed by atoms with E-state index >= 15 is 0 Å². The van der Waals surface area contributed by atoms with Gasteiger partial charge in [-0.05, 0) is 24.3 Å². The summed E-state index contributed by atoms with van der Waals surface area (Å²) in [4.78, 5) is 26.1. The number of halogens is 1. The first-order valence-corrected chi connectivity index (χ1v) is 8.32. The van der Waals surface area contributed by atoms with Crippen LogP contribution in [0.5, 0.6) is 0 Å². The molecular weight excluding hydrogens is 353 g/mol. The highest BCUT2D eigenvalue weighted by Gasteiger charge is 2.32. The first kappa shape index (κ1) is 17.0. The van der Waals surface area contributed by atoms with Crippen LogP contribution in [0.3, 0.4) is 0 Å². The maximum Gasteiger partial charge on any atom is 0.290 e. The van der Waals surface area contributed by atoms with Crippen molar-refractivity contribution in [2.24, 2.45) is 7.05 Å². The summed E-state index contributed by atoms with van der Waals surface area (Å²) in [5, 5.41) is 10.7. The van der Waals surface area contributed by atoms with Crippen LogP contribution in [0.25, 0.3) is 11.3 Å². The van der Waals surface area contributed by atoms with Crippen LogP contribution >= 0.6 is 0 Å². The second-order valence-corrected chi connectivity index (χ2v) is 6.33. The lowest BCUT2D eigenvalue weighted by molar-refractivity contribution is -0.117. The summed E-state index contributed by atoms with van der Waals surface area (Å²) >= 11 is 0. The van der Waals surface area contributed by atoms with E-state index in [0.29, 0.717) is 17.9 Å². The predicted octanol–water partition coefficient (Wildman–Crippen LogP) is 1.75. The lowest BCUT2D eigenvalue weighted by atomic mass is 10.2. The average Bonchev–Trinajstić information content (AvgIpc) is 3.35. The molecule has 1 aliphatic rings. The monoisotopic (exact) mass is 369 g/mol. The van der Waals surface area contributed by atoms with E-state index in [0.717, 1.165) is 5.56 Å². The summed E-state index contributed by atoms with van der Waals surface area (Å²) in [6.07, 6.45) is 3.54. The van der Waals surface area contributed by atoms with Crippen molar-refractivity contribution in [1.82, 2.24) is 20.3 Å². The Morgan fingerprint density at radius 3 is 2.81 bits per heavy atom. The molecular formula is C18H16FN5O3. The largest absolute Gasteiger partial charge is 0.350 e. The van der Waals surface area contributed by atoms with Gasteiger partial charge in [-0.3, -0.25) is 14.3 Å². The highest BCUT2D eigenvalue weighted by molar-refractivity contribution is 5.98. The molecule has 0 radical (unpaired) electrons. The molecule has 9 heteroatoms. The summed E-state index contributed by atoms with van der Waals surface area (Å²) in [6.45, 7) is 0.305. The third-order valence-corrected chi connectivity index (χ3v) is 4.33. The molecule has 0 saturated carbocycles. The minimum atomic E-state index is -0.448. The van der Waals surface area contributed by atoms with Gasteiger partial charge in [0.05, 0.1) is 12.2 Å². The maximum absolute atomic E-state index is 13.1. The number of carbonyl (C=O) groups is 2. The first-order valence-electron chi connectivity index (χ1n) is 8.32. The maximum atomic E-state index is 13.1. The van der Waals surface area contributed by atoms with Crippen molar-refractivity contribution in [3.05, 3.63) is 54.3 Å². The zero-order chi connectivity index (χ0) is 19.0. The number of hydrogen-bond acceptors (Lipinski definition) is 5. The number of anilines is 1. The van der Waals surface area contributed by atoms with Crippen molar-refractivity contribution in [1.29, 1.82) is 0 Å². The first-order chi connectivity index (χ1) is 13.0. The van der Waals surface area contributed by atoms with Gasteiger partial charge < -0.3 is 14.7 Å². The van der Waals surface area contributed by atoms with Crippen molar-refractivity contribution in [2.45, 2.75) is 12.5 Å². The summed E-state index contributed by atoms with van der Waals surface area (Å²) in [5.41, 5.74) is 1.83. The third kappa shape index (κ3) is 3.43.